The summed E-state index contributed by atoms with van der Waals surface area (Å²) in [6, 6.07) is 5.62. The van der Waals surface area contributed by atoms with Gasteiger partial charge in [0.25, 0.3) is 0 Å². The highest BCUT2D eigenvalue weighted by molar-refractivity contribution is 7.18. The number of nitrogens with one attached hydrogen (secondary N) is 2. The number of aromatic nitrogens is 3. The second-order valence-corrected chi connectivity index (χ2v) is 5.64. The van der Waals surface area contributed by atoms with Crippen LogP contribution in [0.2, 0.25) is 0 Å². The van der Waals surface area contributed by atoms with Crippen LogP contribution in [0.4, 0.5) is 5.13 Å². The number of carbonyl (C=O) groups excluding carboxylic acids is 1. The molecule has 1 atom stereocenters. The average Bonchev–Trinajstić information content (AvgIpc) is 2.97. The average molecular weight is 289 g/mol. The van der Waals surface area contributed by atoms with Crippen molar-refractivity contribution in [1.82, 2.24) is 20.5 Å². The van der Waals surface area contributed by atoms with Gasteiger partial charge in [0.2, 0.25) is 11.0 Å². The summed E-state index contributed by atoms with van der Waals surface area (Å²) in [5.41, 5.74) is 0.768. The largest absolute Gasteiger partial charge is 0.316 e. The second kappa shape index (κ2) is 6.06. The first-order valence-electron chi connectivity index (χ1n) is 6.59. The maximum absolute atomic E-state index is 12.1. The van der Waals surface area contributed by atoms with Crippen LogP contribution < -0.4 is 10.6 Å². The van der Waals surface area contributed by atoms with Crippen molar-refractivity contribution < 1.29 is 4.79 Å². The van der Waals surface area contributed by atoms with Crippen LogP contribution in [0.5, 0.6) is 0 Å². The second-order valence-electron chi connectivity index (χ2n) is 4.66. The molecular formula is C13H15N5OS. The predicted octanol–water partition coefficient (Wildman–Crippen LogP) is 1.54. The van der Waals surface area contributed by atoms with E-state index in [-0.39, 0.29) is 11.8 Å². The van der Waals surface area contributed by atoms with Crippen molar-refractivity contribution in [3.05, 3.63) is 24.4 Å². The highest BCUT2D eigenvalue weighted by Crippen LogP contribution is 2.25. The smallest absolute Gasteiger partial charge is 0.230 e. The van der Waals surface area contributed by atoms with Crippen molar-refractivity contribution in [1.29, 1.82) is 0 Å². The molecule has 3 heterocycles. The molecule has 20 heavy (non-hydrogen) atoms. The highest BCUT2D eigenvalue weighted by Gasteiger charge is 2.22. The number of piperidine rings is 1. The number of hydrogen-bond donors (Lipinski definition) is 2. The summed E-state index contributed by atoms with van der Waals surface area (Å²) in [5.74, 6) is 0.0341. The molecule has 0 bridgehead atoms. The first kappa shape index (κ1) is 13.1. The van der Waals surface area contributed by atoms with Gasteiger partial charge in [-0.05, 0) is 31.5 Å². The van der Waals surface area contributed by atoms with Crippen LogP contribution in [0, 0.1) is 5.92 Å². The molecule has 1 saturated heterocycles. The third-order valence-corrected chi connectivity index (χ3v) is 4.07. The lowest BCUT2D eigenvalue weighted by Crippen LogP contribution is -2.37. The number of hydrogen-bond acceptors (Lipinski definition) is 6. The summed E-state index contributed by atoms with van der Waals surface area (Å²) in [6.45, 7) is 1.73. The Hall–Kier alpha value is -1.86. The van der Waals surface area contributed by atoms with Gasteiger partial charge in [-0.15, -0.1) is 10.2 Å². The Labute approximate surface area is 120 Å². The summed E-state index contributed by atoms with van der Waals surface area (Å²) in [6.07, 6.45) is 3.67. The molecule has 1 aliphatic rings. The molecule has 6 nitrogen and oxygen atoms in total. The molecule has 2 N–H and O–H groups in total. The van der Waals surface area contributed by atoms with Crippen LogP contribution in [0.15, 0.2) is 24.4 Å². The minimum atomic E-state index is 0.0147. The Bertz CT molecular complexity index is 579. The van der Waals surface area contributed by atoms with Crippen LogP contribution >= 0.6 is 11.3 Å². The lowest BCUT2D eigenvalue weighted by atomic mass is 9.99. The number of pyridine rings is 1. The first-order chi connectivity index (χ1) is 9.83. The fourth-order valence-electron chi connectivity index (χ4n) is 2.15. The molecule has 1 unspecified atom stereocenters. The Kier molecular flexibility index (Phi) is 3.98. The van der Waals surface area contributed by atoms with Gasteiger partial charge in [0.1, 0.15) is 5.69 Å². The van der Waals surface area contributed by atoms with Gasteiger partial charge in [0, 0.05) is 12.7 Å². The monoisotopic (exact) mass is 289 g/mol. The van der Waals surface area contributed by atoms with Gasteiger partial charge in [-0.3, -0.25) is 9.78 Å². The van der Waals surface area contributed by atoms with Crippen molar-refractivity contribution in [3.63, 3.8) is 0 Å². The Morgan fingerprint density at radius 1 is 1.40 bits per heavy atom. The van der Waals surface area contributed by atoms with Gasteiger partial charge < -0.3 is 10.6 Å². The molecule has 0 aromatic carbocycles. The van der Waals surface area contributed by atoms with Crippen molar-refractivity contribution in [3.8, 4) is 10.7 Å². The van der Waals surface area contributed by atoms with Gasteiger partial charge in [-0.25, -0.2) is 0 Å². The number of rotatable bonds is 3. The van der Waals surface area contributed by atoms with Gasteiger partial charge in [-0.2, -0.15) is 0 Å². The summed E-state index contributed by atoms with van der Waals surface area (Å²) in [4.78, 5) is 16.3. The topological polar surface area (TPSA) is 79.8 Å². The summed E-state index contributed by atoms with van der Waals surface area (Å²) < 4.78 is 0. The summed E-state index contributed by atoms with van der Waals surface area (Å²) in [5, 5.41) is 15.4. The van der Waals surface area contributed by atoms with E-state index >= 15 is 0 Å². The van der Waals surface area contributed by atoms with Gasteiger partial charge >= 0.3 is 0 Å². The molecule has 2 aromatic rings. The molecule has 104 valence electrons. The minimum Gasteiger partial charge on any atom is -0.316 e. The first-order valence-corrected chi connectivity index (χ1v) is 7.41. The lowest BCUT2D eigenvalue weighted by Gasteiger charge is -2.20. The van der Waals surface area contributed by atoms with Crippen LogP contribution in [0.3, 0.4) is 0 Å². The molecular weight excluding hydrogens is 274 g/mol. The maximum Gasteiger partial charge on any atom is 0.230 e. The molecule has 1 amide bonds. The van der Waals surface area contributed by atoms with Gasteiger partial charge in [0.15, 0.2) is 5.01 Å². The number of amides is 1. The van der Waals surface area contributed by atoms with Gasteiger partial charge in [-0.1, -0.05) is 17.4 Å². The minimum absolute atomic E-state index is 0.0147. The lowest BCUT2D eigenvalue weighted by molar-refractivity contribution is -0.120. The third-order valence-electron chi connectivity index (χ3n) is 3.21. The molecule has 1 aliphatic heterocycles. The number of nitrogens with zero attached hydrogens (tertiary/aromatic N) is 3. The zero-order valence-electron chi connectivity index (χ0n) is 10.9. The molecule has 0 aliphatic carbocycles. The van der Waals surface area contributed by atoms with Crippen LogP contribution in [0.1, 0.15) is 12.8 Å². The van der Waals surface area contributed by atoms with Crippen molar-refractivity contribution >= 4 is 22.4 Å². The van der Waals surface area contributed by atoms with E-state index in [4.69, 9.17) is 0 Å². The van der Waals surface area contributed by atoms with E-state index < -0.39 is 0 Å². The van der Waals surface area contributed by atoms with E-state index in [2.05, 4.69) is 25.8 Å². The Balaban J connectivity index is 1.66. The van der Waals surface area contributed by atoms with Crippen molar-refractivity contribution in [2.75, 3.05) is 18.4 Å². The number of carbonyl (C=O) groups is 1. The molecule has 0 radical (unpaired) electrons. The maximum atomic E-state index is 12.1. The van der Waals surface area contributed by atoms with Crippen LogP contribution in [-0.4, -0.2) is 34.2 Å². The molecule has 7 heteroatoms. The highest BCUT2D eigenvalue weighted by atomic mass is 32.1. The van der Waals surface area contributed by atoms with E-state index in [1.54, 1.807) is 6.20 Å². The van der Waals surface area contributed by atoms with Gasteiger partial charge in [0.05, 0.1) is 5.92 Å². The molecule has 3 rings (SSSR count). The zero-order valence-corrected chi connectivity index (χ0v) is 11.7. The Morgan fingerprint density at radius 3 is 3.10 bits per heavy atom. The van der Waals surface area contributed by atoms with E-state index in [1.807, 2.05) is 18.2 Å². The number of anilines is 1. The normalized spacial score (nSPS) is 18.7. The zero-order chi connectivity index (χ0) is 13.8. The quantitative estimate of drug-likeness (QED) is 0.896. The van der Waals surface area contributed by atoms with Crippen molar-refractivity contribution in [2.45, 2.75) is 12.8 Å². The Morgan fingerprint density at radius 2 is 2.35 bits per heavy atom. The fraction of sp³-hybridized carbons (Fsp3) is 0.385. The fourth-order valence-corrected chi connectivity index (χ4v) is 2.87. The summed E-state index contributed by atoms with van der Waals surface area (Å²) in [7, 11) is 0. The third kappa shape index (κ3) is 3.00. The standard InChI is InChI=1S/C13H15N5OS/c19-11(9-4-3-6-14-8-9)16-13-18-17-12(20-13)10-5-1-2-7-15-10/h1-2,5,7,9,14H,3-4,6,8H2,(H,16,18,19). The van der Waals surface area contributed by atoms with E-state index in [1.165, 1.54) is 11.3 Å². The predicted molar refractivity (Wildman–Crippen MR) is 77.4 cm³/mol. The van der Waals surface area contributed by atoms with E-state index in [0.29, 0.717) is 10.1 Å². The SMILES string of the molecule is O=C(Nc1nnc(-c2ccccn2)s1)C1CCCNC1. The molecule has 2 aromatic heterocycles. The van der Waals surface area contributed by atoms with Crippen molar-refractivity contribution in [2.24, 2.45) is 5.92 Å². The van der Waals surface area contributed by atoms with E-state index in [9.17, 15) is 4.79 Å². The van der Waals surface area contributed by atoms with Crippen LogP contribution in [0.25, 0.3) is 10.7 Å². The van der Waals surface area contributed by atoms with E-state index in [0.717, 1.165) is 31.6 Å². The molecule has 0 saturated carbocycles. The molecule has 0 spiro atoms. The summed E-state index contributed by atoms with van der Waals surface area (Å²) >= 11 is 1.34. The van der Waals surface area contributed by atoms with Crippen LogP contribution in [-0.2, 0) is 4.79 Å². The molecule has 1 fully saturated rings.